The highest BCUT2D eigenvalue weighted by molar-refractivity contribution is 6.06. The van der Waals surface area contributed by atoms with Crippen molar-refractivity contribution >= 4 is 17.7 Å². The van der Waals surface area contributed by atoms with Crippen LogP contribution >= 0.6 is 0 Å². The molecule has 0 aliphatic carbocycles. The molecule has 0 N–H and O–H groups in total. The normalized spacial score (nSPS) is 22.9. The number of rotatable bonds is 2. The summed E-state index contributed by atoms with van der Waals surface area (Å²) in [5.41, 5.74) is 4.75. The number of hydrogen-bond donors (Lipinski definition) is 0. The molecule has 2 aromatic rings. The van der Waals surface area contributed by atoms with Gasteiger partial charge in [-0.3, -0.25) is 4.79 Å². The Morgan fingerprint density at radius 1 is 1.16 bits per heavy atom. The molecule has 4 rings (SSSR count). The molecular weight excluding hydrogens is 308 g/mol. The van der Waals surface area contributed by atoms with Gasteiger partial charge in [0.05, 0.1) is 0 Å². The predicted octanol–water partition coefficient (Wildman–Crippen LogP) is 3.84. The molecule has 3 heteroatoms. The highest BCUT2D eigenvalue weighted by Crippen LogP contribution is 2.45. The van der Waals surface area contributed by atoms with Gasteiger partial charge in [0.25, 0.3) is 5.91 Å². The number of likely N-dealkylation sites (N-methyl/N-ethyl adjacent to an activating group) is 1. The molecule has 1 saturated heterocycles. The number of benzene rings is 2. The average Bonchev–Trinajstić information content (AvgIpc) is 2.93. The van der Waals surface area contributed by atoms with Crippen LogP contribution in [0.2, 0.25) is 0 Å². The lowest BCUT2D eigenvalue weighted by Gasteiger charge is -2.36. The molecule has 3 nitrogen and oxygen atoms in total. The van der Waals surface area contributed by atoms with Gasteiger partial charge in [0.2, 0.25) is 0 Å². The fraction of sp³-hybridized carbons (Fsp3) is 0.318. The molecule has 2 unspecified atom stereocenters. The molecule has 1 amide bonds. The number of aryl methyl sites for hydroxylation is 1. The van der Waals surface area contributed by atoms with Crippen LogP contribution in [-0.2, 0) is 4.79 Å². The van der Waals surface area contributed by atoms with E-state index in [4.69, 9.17) is 0 Å². The van der Waals surface area contributed by atoms with Crippen molar-refractivity contribution in [3.8, 4) is 0 Å². The standard InChI is InChI=1S/C22H24N2O/c1-16-8-10-20-18(14-16)19-15-23(2)13-12-21(19)24(20)22(25)11-9-17-6-4-3-5-7-17/h3-11,14,19,21H,12-13,15H2,1-2H3. The maximum atomic E-state index is 13.0. The van der Waals surface area contributed by atoms with Gasteiger partial charge in [-0.2, -0.15) is 0 Å². The Bertz CT molecular complexity index is 812. The van der Waals surface area contributed by atoms with E-state index >= 15 is 0 Å². The average molecular weight is 332 g/mol. The van der Waals surface area contributed by atoms with Crippen molar-refractivity contribution in [3.63, 3.8) is 0 Å². The summed E-state index contributed by atoms with van der Waals surface area (Å²) >= 11 is 0. The summed E-state index contributed by atoms with van der Waals surface area (Å²) in [5, 5.41) is 0. The molecule has 0 saturated carbocycles. The molecule has 2 heterocycles. The van der Waals surface area contributed by atoms with Gasteiger partial charge in [-0.05, 0) is 50.2 Å². The zero-order valence-electron chi connectivity index (χ0n) is 14.9. The molecule has 2 aliphatic rings. The molecule has 25 heavy (non-hydrogen) atoms. The molecule has 0 radical (unpaired) electrons. The maximum absolute atomic E-state index is 13.0. The van der Waals surface area contributed by atoms with Crippen LogP contribution in [0, 0.1) is 6.92 Å². The van der Waals surface area contributed by atoms with E-state index in [0.29, 0.717) is 5.92 Å². The second kappa shape index (κ2) is 6.49. The van der Waals surface area contributed by atoms with E-state index in [2.05, 4.69) is 37.1 Å². The Morgan fingerprint density at radius 2 is 1.96 bits per heavy atom. The minimum Gasteiger partial charge on any atom is -0.306 e. The van der Waals surface area contributed by atoms with E-state index in [0.717, 1.165) is 30.8 Å². The van der Waals surface area contributed by atoms with Gasteiger partial charge >= 0.3 is 0 Å². The van der Waals surface area contributed by atoms with Crippen molar-refractivity contribution in [2.45, 2.75) is 25.3 Å². The van der Waals surface area contributed by atoms with Crippen LogP contribution in [0.15, 0.2) is 54.6 Å². The molecule has 2 aliphatic heterocycles. The molecular formula is C22H24N2O. The van der Waals surface area contributed by atoms with Gasteiger partial charge in [0.1, 0.15) is 0 Å². The van der Waals surface area contributed by atoms with E-state index < -0.39 is 0 Å². The number of amides is 1. The first-order chi connectivity index (χ1) is 12.1. The Labute approximate surface area is 149 Å². The van der Waals surface area contributed by atoms with Crippen molar-refractivity contribution in [1.82, 2.24) is 4.90 Å². The number of nitrogens with zero attached hydrogens (tertiary/aromatic N) is 2. The van der Waals surface area contributed by atoms with Gasteiger partial charge in [0, 0.05) is 30.3 Å². The molecule has 0 aromatic heterocycles. The third kappa shape index (κ3) is 3.00. The largest absolute Gasteiger partial charge is 0.306 e. The number of carbonyl (C=O) groups is 1. The molecule has 2 aromatic carbocycles. The summed E-state index contributed by atoms with van der Waals surface area (Å²) in [7, 11) is 2.17. The zero-order valence-corrected chi connectivity index (χ0v) is 14.9. The molecule has 2 atom stereocenters. The van der Waals surface area contributed by atoms with Crippen LogP contribution in [0.4, 0.5) is 5.69 Å². The third-order valence-electron chi connectivity index (χ3n) is 5.41. The lowest BCUT2D eigenvalue weighted by molar-refractivity contribution is -0.114. The summed E-state index contributed by atoms with van der Waals surface area (Å²) in [6.07, 6.45) is 4.66. The van der Waals surface area contributed by atoms with Crippen LogP contribution in [-0.4, -0.2) is 37.0 Å². The minimum atomic E-state index is 0.0889. The summed E-state index contributed by atoms with van der Waals surface area (Å²) in [6, 6.07) is 16.8. The van der Waals surface area contributed by atoms with E-state index in [-0.39, 0.29) is 11.9 Å². The fourth-order valence-electron chi connectivity index (χ4n) is 4.18. The first kappa shape index (κ1) is 16.1. The second-order valence-corrected chi connectivity index (χ2v) is 7.24. The Morgan fingerprint density at radius 3 is 2.76 bits per heavy atom. The maximum Gasteiger partial charge on any atom is 0.251 e. The minimum absolute atomic E-state index is 0.0889. The summed E-state index contributed by atoms with van der Waals surface area (Å²) in [5.74, 6) is 0.508. The molecule has 0 spiro atoms. The van der Waals surface area contributed by atoms with Gasteiger partial charge < -0.3 is 9.80 Å². The quantitative estimate of drug-likeness (QED) is 0.780. The van der Waals surface area contributed by atoms with Gasteiger partial charge in [0.15, 0.2) is 0 Å². The summed E-state index contributed by atoms with van der Waals surface area (Å²) < 4.78 is 0. The predicted molar refractivity (Wildman–Crippen MR) is 103 cm³/mol. The first-order valence-electron chi connectivity index (χ1n) is 8.99. The number of likely N-dealkylation sites (tertiary alicyclic amines) is 1. The smallest absolute Gasteiger partial charge is 0.251 e. The Balaban J connectivity index is 1.66. The number of anilines is 1. The van der Waals surface area contributed by atoms with Crippen LogP contribution in [0.25, 0.3) is 6.08 Å². The van der Waals surface area contributed by atoms with Crippen LogP contribution in [0.1, 0.15) is 29.0 Å². The summed E-state index contributed by atoms with van der Waals surface area (Å²) in [6.45, 7) is 4.19. The molecule has 0 bridgehead atoms. The van der Waals surface area contributed by atoms with Crippen molar-refractivity contribution in [3.05, 3.63) is 71.3 Å². The van der Waals surface area contributed by atoms with E-state index in [1.54, 1.807) is 6.08 Å². The zero-order chi connectivity index (χ0) is 17.4. The molecule has 1 fully saturated rings. The second-order valence-electron chi connectivity index (χ2n) is 7.24. The third-order valence-corrected chi connectivity index (χ3v) is 5.41. The highest BCUT2D eigenvalue weighted by Gasteiger charge is 2.43. The summed E-state index contributed by atoms with van der Waals surface area (Å²) in [4.78, 5) is 17.4. The van der Waals surface area contributed by atoms with Crippen LogP contribution in [0.5, 0.6) is 0 Å². The van der Waals surface area contributed by atoms with Gasteiger partial charge in [-0.15, -0.1) is 0 Å². The van der Waals surface area contributed by atoms with Crippen molar-refractivity contribution < 1.29 is 4.79 Å². The Kier molecular flexibility index (Phi) is 4.18. The van der Waals surface area contributed by atoms with Gasteiger partial charge in [-0.1, -0.05) is 48.0 Å². The lowest BCUT2D eigenvalue weighted by atomic mass is 9.89. The fourth-order valence-corrected chi connectivity index (χ4v) is 4.18. The number of carbonyl (C=O) groups excluding carboxylic acids is 1. The van der Waals surface area contributed by atoms with Gasteiger partial charge in [-0.25, -0.2) is 0 Å². The van der Waals surface area contributed by atoms with E-state index in [9.17, 15) is 4.79 Å². The highest BCUT2D eigenvalue weighted by atomic mass is 16.2. The van der Waals surface area contributed by atoms with Crippen molar-refractivity contribution in [2.24, 2.45) is 0 Å². The molecule has 128 valence electrons. The van der Waals surface area contributed by atoms with E-state index in [1.165, 1.54) is 11.1 Å². The topological polar surface area (TPSA) is 23.6 Å². The first-order valence-corrected chi connectivity index (χ1v) is 8.99. The number of fused-ring (bicyclic) bond motifs is 3. The van der Waals surface area contributed by atoms with Crippen LogP contribution < -0.4 is 4.90 Å². The van der Waals surface area contributed by atoms with Crippen LogP contribution in [0.3, 0.4) is 0 Å². The monoisotopic (exact) mass is 332 g/mol. The van der Waals surface area contributed by atoms with Crippen molar-refractivity contribution in [2.75, 3.05) is 25.0 Å². The Hall–Kier alpha value is -2.39. The number of piperidine rings is 1. The van der Waals surface area contributed by atoms with Crippen molar-refractivity contribution in [1.29, 1.82) is 0 Å². The SMILES string of the molecule is Cc1ccc2c(c1)C1CN(C)CCC1N2C(=O)C=Cc1ccccc1. The number of hydrogen-bond acceptors (Lipinski definition) is 2. The van der Waals surface area contributed by atoms with E-state index in [1.807, 2.05) is 41.3 Å². The lowest BCUT2D eigenvalue weighted by Crippen LogP contribution is -2.46.